The van der Waals surface area contributed by atoms with Crippen LogP contribution in [0.5, 0.6) is 0 Å². The molecule has 1 fully saturated rings. The van der Waals surface area contributed by atoms with Crippen LogP contribution in [0.1, 0.15) is 43.4 Å². The minimum absolute atomic E-state index is 0.0218. The van der Waals surface area contributed by atoms with Gasteiger partial charge >= 0.3 is 0 Å². The highest BCUT2D eigenvalue weighted by Crippen LogP contribution is 2.31. The highest BCUT2D eigenvalue weighted by Gasteiger charge is 2.35. The summed E-state index contributed by atoms with van der Waals surface area (Å²) >= 11 is 0. The molecular formula is C23H28N2O3. The van der Waals surface area contributed by atoms with E-state index in [0.717, 1.165) is 36.0 Å². The molecule has 0 saturated carbocycles. The lowest BCUT2D eigenvalue weighted by atomic mass is 9.87. The second kappa shape index (κ2) is 7.55. The Kier molecular flexibility index (Phi) is 5.11. The van der Waals surface area contributed by atoms with Crippen molar-refractivity contribution in [2.75, 3.05) is 13.2 Å². The van der Waals surface area contributed by atoms with E-state index in [0.29, 0.717) is 26.2 Å². The summed E-state index contributed by atoms with van der Waals surface area (Å²) in [6, 6.07) is 11.7. The summed E-state index contributed by atoms with van der Waals surface area (Å²) in [4.78, 5) is 27.6. The highest BCUT2D eigenvalue weighted by atomic mass is 16.5. The number of benzene rings is 1. The Bertz CT molecular complexity index is 917. The molecule has 1 atom stereocenters. The van der Waals surface area contributed by atoms with E-state index in [1.165, 1.54) is 0 Å². The van der Waals surface area contributed by atoms with E-state index in [2.05, 4.69) is 13.8 Å². The molecule has 2 aliphatic rings. The maximum atomic E-state index is 13.1. The fourth-order valence-electron chi connectivity index (χ4n) is 4.37. The average Bonchev–Trinajstić information content (AvgIpc) is 2.68. The molecule has 3 heterocycles. The Morgan fingerprint density at radius 2 is 2.00 bits per heavy atom. The number of ether oxygens (including phenoxy) is 1. The third-order valence-electron chi connectivity index (χ3n) is 5.87. The van der Waals surface area contributed by atoms with Crippen molar-refractivity contribution in [1.29, 1.82) is 0 Å². The lowest BCUT2D eigenvalue weighted by Crippen LogP contribution is -2.45. The quantitative estimate of drug-likeness (QED) is 0.823. The van der Waals surface area contributed by atoms with Gasteiger partial charge in [0.2, 0.25) is 5.91 Å². The number of fused-ring (bicyclic) bond motifs is 1. The third kappa shape index (κ3) is 4.04. The van der Waals surface area contributed by atoms with Gasteiger partial charge in [-0.2, -0.15) is 0 Å². The molecule has 5 heteroatoms. The van der Waals surface area contributed by atoms with Gasteiger partial charge in [-0.05, 0) is 49.8 Å². The van der Waals surface area contributed by atoms with E-state index >= 15 is 0 Å². The normalized spacial score (nSPS) is 21.2. The standard InChI is InChI=1S/C23H28N2O3/c1-23(2)13-19(9-11-28-23)22(27)24-10-8-18-12-21(26)25(16-20(18)15-24)14-17-6-4-3-5-7-17/h3-7,12,16,19H,8-11,13-15H2,1-2H3. The maximum Gasteiger partial charge on any atom is 0.251 e. The second-order valence-electron chi connectivity index (χ2n) is 8.58. The lowest BCUT2D eigenvalue weighted by Gasteiger charge is -2.38. The zero-order chi connectivity index (χ0) is 19.7. The van der Waals surface area contributed by atoms with Gasteiger partial charge in [-0.25, -0.2) is 0 Å². The van der Waals surface area contributed by atoms with E-state index in [9.17, 15) is 9.59 Å². The first-order chi connectivity index (χ1) is 13.4. The topological polar surface area (TPSA) is 51.5 Å². The van der Waals surface area contributed by atoms with Crippen LogP contribution in [0.15, 0.2) is 47.4 Å². The van der Waals surface area contributed by atoms with Gasteiger partial charge in [0, 0.05) is 37.9 Å². The minimum atomic E-state index is -0.234. The fraction of sp³-hybridized carbons (Fsp3) is 0.478. The second-order valence-corrected chi connectivity index (χ2v) is 8.58. The first kappa shape index (κ1) is 18.9. The van der Waals surface area contributed by atoms with Crippen LogP contribution in [-0.4, -0.2) is 34.1 Å². The van der Waals surface area contributed by atoms with E-state index in [1.54, 1.807) is 10.6 Å². The number of carbonyl (C=O) groups is 1. The zero-order valence-corrected chi connectivity index (χ0v) is 16.7. The van der Waals surface area contributed by atoms with E-state index in [1.807, 2.05) is 41.4 Å². The predicted molar refractivity (Wildman–Crippen MR) is 108 cm³/mol. The molecule has 1 saturated heterocycles. The van der Waals surface area contributed by atoms with Crippen molar-refractivity contribution in [3.05, 3.63) is 69.6 Å². The summed E-state index contributed by atoms with van der Waals surface area (Å²) in [6.45, 7) is 6.58. The molecule has 0 bridgehead atoms. The summed E-state index contributed by atoms with van der Waals surface area (Å²) in [5, 5.41) is 0. The summed E-state index contributed by atoms with van der Waals surface area (Å²) < 4.78 is 7.52. The van der Waals surface area contributed by atoms with Crippen molar-refractivity contribution in [3.8, 4) is 0 Å². The van der Waals surface area contributed by atoms with Crippen molar-refractivity contribution >= 4 is 5.91 Å². The van der Waals surface area contributed by atoms with E-state index in [4.69, 9.17) is 4.74 Å². The molecule has 0 radical (unpaired) electrons. The Morgan fingerprint density at radius 1 is 1.21 bits per heavy atom. The molecule has 0 spiro atoms. The van der Waals surface area contributed by atoms with Crippen LogP contribution in [0.25, 0.3) is 0 Å². The Hall–Kier alpha value is -2.40. The number of amides is 1. The molecule has 1 aromatic heterocycles. The van der Waals surface area contributed by atoms with Crippen LogP contribution in [0.2, 0.25) is 0 Å². The number of aromatic nitrogens is 1. The summed E-state index contributed by atoms with van der Waals surface area (Å²) in [5.74, 6) is 0.253. The first-order valence-corrected chi connectivity index (χ1v) is 10.1. The van der Waals surface area contributed by atoms with Crippen LogP contribution in [0.3, 0.4) is 0 Å². The molecule has 28 heavy (non-hydrogen) atoms. The molecule has 1 amide bonds. The van der Waals surface area contributed by atoms with Gasteiger partial charge in [-0.3, -0.25) is 9.59 Å². The van der Waals surface area contributed by atoms with Gasteiger partial charge < -0.3 is 14.2 Å². The minimum Gasteiger partial charge on any atom is -0.376 e. The van der Waals surface area contributed by atoms with Gasteiger partial charge in [0.1, 0.15) is 0 Å². The molecule has 5 nitrogen and oxygen atoms in total. The van der Waals surface area contributed by atoms with Crippen molar-refractivity contribution in [1.82, 2.24) is 9.47 Å². The highest BCUT2D eigenvalue weighted by molar-refractivity contribution is 5.79. The smallest absolute Gasteiger partial charge is 0.251 e. The maximum absolute atomic E-state index is 13.1. The van der Waals surface area contributed by atoms with Crippen LogP contribution >= 0.6 is 0 Å². The van der Waals surface area contributed by atoms with Crippen LogP contribution in [0.4, 0.5) is 0 Å². The molecule has 0 aliphatic carbocycles. The van der Waals surface area contributed by atoms with E-state index < -0.39 is 0 Å². The van der Waals surface area contributed by atoms with Gasteiger partial charge in [0.15, 0.2) is 0 Å². The number of rotatable bonds is 3. The van der Waals surface area contributed by atoms with Crippen LogP contribution < -0.4 is 5.56 Å². The van der Waals surface area contributed by atoms with Crippen LogP contribution in [0, 0.1) is 5.92 Å². The molecular weight excluding hydrogens is 352 g/mol. The number of nitrogens with zero attached hydrogens (tertiary/aromatic N) is 2. The molecule has 2 aliphatic heterocycles. The zero-order valence-electron chi connectivity index (χ0n) is 16.7. The Morgan fingerprint density at radius 3 is 2.75 bits per heavy atom. The number of carbonyl (C=O) groups excluding carboxylic acids is 1. The largest absolute Gasteiger partial charge is 0.376 e. The SMILES string of the molecule is CC1(C)CC(C(=O)N2CCc3cc(=O)n(Cc4ccccc4)cc3C2)CCO1. The average molecular weight is 380 g/mol. The molecule has 2 aromatic rings. The molecule has 148 valence electrons. The van der Waals surface area contributed by atoms with E-state index in [-0.39, 0.29) is 23.0 Å². The molecule has 4 rings (SSSR count). The Balaban J connectivity index is 1.52. The molecule has 1 unspecified atom stereocenters. The predicted octanol–water partition coefficient (Wildman–Crippen LogP) is 2.99. The Labute approximate surface area is 165 Å². The monoisotopic (exact) mass is 380 g/mol. The molecule has 1 aromatic carbocycles. The number of hydrogen-bond donors (Lipinski definition) is 0. The third-order valence-corrected chi connectivity index (χ3v) is 5.87. The summed E-state index contributed by atoms with van der Waals surface area (Å²) in [5.41, 5.74) is 3.04. The number of pyridine rings is 1. The van der Waals surface area contributed by atoms with Gasteiger partial charge in [0.25, 0.3) is 5.56 Å². The number of hydrogen-bond acceptors (Lipinski definition) is 3. The van der Waals surface area contributed by atoms with Gasteiger partial charge in [-0.1, -0.05) is 30.3 Å². The van der Waals surface area contributed by atoms with Crippen molar-refractivity contribution in [3.63, 3.8) is 0 Å². The van der Waals surface area contributed by atoms with Crippen molar-refractivity contribution < 1.29 is 9.53 Å². The fourth-order valence-corrected chi connectivity index (χ4v) is 4.37. The molecule has 0 N–H and O–H groups in total. The van der Waals surface area contributed by atoms with Crippen LogP contribution in [-0.2, 0) is 29.0 Å². The lowest BCUT2D eigenvalue weighted by molar-refractivity contribution is -0.146. The van der Waals surface area contributed by atoms with Gasteiger partial charge in [0.05, 0.1) is 12.1 Å². The van der Waals surface area contributed by atoms with Crippen molar-refractivity contribution in [2.45, 2.75) is 51.8 Å². The summed E-state index contributed by atoms with van der Waals surface area (Å²) in [6.07, 6.45) is 4.24. The van der Waals surface area contributed by atoms with Gasteiger partial charge in [-0.15, -0.1) is 0 Å². The van der Waals surface area contributed by atoms with Crippen molar-refractivity contribution in [2.24, 2.45) is 5.92 Å². The summed E-state index contributed by atoms with van der Waals surface area (Å²) in [7, 11) is 0. The first-order valence-electron chi connectivity index (χ1n) is 10.1.